The first-order chi connectivity index (χ1) is 6.39. The lowest BCUT2D eigenvalue weighted by molar-refractivity contribution is -0.141. The normalized spacial score (nSPS) is 11.1. The molecule has 0 unspecified atom stereocenters. The molecule has 0 bridgehead atoms. The van der Waals surface area contributed by atoms with Crippen LogP contribution in [-0.4, -0.2) is 21.2 Å². The topological polar surface area (TPSA) is 75.1 Å². The van der Waals surface area contributed by atoms with E-state index >= 15 is 0 Å². The Morgan fingerprint density at radius 2 is 2.14 bits per heavy atom. The smallest absolute Gasteiger partial charge is 0.433 e. The molecule has 1 amide bonds. The maximum atomic E-state index is 12.0. The van der Waals surface area contributed by atoms with Crippen LogP contribution < -0.4 is 5.32 Å². The summed E-state index contributed by atoms with van der Waals surface area (Å²) in [6.07, 6.45) is -5.32. The molecule has 1 rings (SSSR count). The van der Waals surface area contributed by atoms with Gasteiger partial charge in [0, 0.05) is 6.20 Å². The molecular weight excluding hydrogens is 203 g/mol. The lowest BCUT2D eigenvalue weighted by Crippen LogP contribution is -2.14. The van der Waals surface area contributed by atoms with Crippen molar-refractivity contribution in [3.05, 3.63) is 18.0 Å². The van der Waals surface area contributed by atoms with Gasteiger partial charge in [-0.3, -0.25) is 5.32 Å². The highest BCUT2D eigenvalue weighted by Crippen LogP contribution is 2.27. The largest absolute Gasteiger partial charge is 0.465 e. The van der Waals surface area contributed by atoms with Crippen molar-refractivity contribution in [2.24, 2.45) is 0 Å². The average Bonchev–Trinajstić information content (AvgIpc) is 2.01. The van der Waals surface area contributed by atoms with E-state index < -0.39 is 23.9 Å². The van der Waals surface area contributed by atoms with Crippen molar-refractivity contribution in [1.82, 2.24) is 9.97 Å². The van der Waals surface area contributed by atoms with Gasteiger partial charge in [0.2, 0.25) is 5.95 Å². The first-order valence-corrected chi connectivity index (χ1v) is 3.30. The summed E-state index contributed by atoms with van der Waals surface area (Å²) >= 11 is 0. The van der Waals surface area contributed by atoms with E-state index in [4.69, 9.17) is 5.11 Å². The highest BCUT2D eigenvalue weighted by Gasteiger charge is 2.32. The lowest BCUT2D eigenvalue weighted by Gasteiger charge is -2.05. The van der Waals surface area contributed by atoms with Crippen LogP contribution in [-0.2, 0) is 6.18 Å². The molecule has 0 aromatic carbocycles. The molecule has 0 aliphatic rings. The molecule has 5 nitrogen and oxygen atoms in total. The summed E-state index contributed by atoms with van der Waals surface area (Å²) in [7, 11) is 0. The number of nitrogens with zero attached hydrogens (tertiary/aromatic N) is 2. The minimum Gasteiger partial charge on any atom is -0.465 e. The van der Waals surface area contributed by atoms with E-state index in [0.717, 1.165) is 6.20 Å². The van der Waals surface area contributed by atoms with E-state index in [1.54, 1.807) is 5.32 Å². The fourth-order valence-corrected chi connectivity index (χ4v) is 0.672. The van der Waals surface area contributed by atoms with Gasteiger partial charge in [0.25, 0.3) is 0 Å². The van der Waals surface area contributed by atoms with E-state index in [0.29, 0.717) is 6.07 Å². The van der Waals surface area contributed by atoms with Crippen LogP contribution in [0.1, 0.15) is 5.69 Å². The molecule has 0 fully saturated rings. The van der Waals surface area contributed by atoms with Crippen molar-refractivity contribution in [3.63, 3.8) is 0 Å². The van der Waals surface area contributed by atoms with E-state index in [2.05, 4.69) is 9.97 Å². The van der Waals surface area contributed by atoms with Crippen LogP contribution in [0.25, 0.3) is 0 Å². The Bertz CT molecular complexity index is 352. The predicted octanol–water partition coefficient (Wildman–Crippen LogP) is 1.59. The summed E-state index contributed by atoms with van der Waals surface area (Å²) in [5.41, 5.74) is -1.20. The quantitative estimate of drug-likeness (QED) is 0.733. The highest BCUT2D eigenvalue weighted by molar-refractivity contribution is 5.80. The van der Waals surface area contributed by atoms with Gasteiger partial charge >= 0.3 is 12.3 Å². The van der Waals surface area contributed by atoms with Gasteiger partial charge in [-0.15, -0.1) is 0 Å². The first-order valence-electron chi connectivity index (χ1n) is 3.30. The second-order valence-corrected chi connectivity index (χ2v) is 2.19. The summed E-state index contributed by atoms with van der Waals surface area (Å²) in [6.45, 7) is 0. The second kappa shape index (κ2) is 3.48. The molecule has 2 N–H and O–H groups in total. The fourth-order valence-electron chi connectivity index (χ4n) is 0.672. The Balaban J connectivity index is 2.95. The number of carbonyl (C=O) groups is 1. The van der Waals surface area contributed by atoms with Gasteiger partial charge in [-0.05, 0) is 6.07 Å². The summed E-state index contributed by atoms with van der Waals surface area (Å²) in [6, 6.07) is 0.646. The van der Waals surface area contributed by atoms with E-state index in [1.807, 2.05) is 0 Å². The third-order valence-corrected chi connectivity index (χ3v) is 1.16. The molecule has 0 saturated carbocycles. The van der Waals surface area contributed by atoms with Gasteiger partial charge in [-0.2, -0.15) is 13.2 Å². The zero-order chi connectivity index (χ0) is 10.8. The summed E-state index contributed by atoms with van der Waals surface area (Å²) < 4.78 is 36.1. The van der Waals surface area contributed by atoms with Crippen molar-refractivity contribution in [2.75, 3.05) is 5.32 Å². The molecule has 14 heavy (non-hydrogen) atoms. The number of alkyl halides is 3. The lowest BCUT2D eigenvalue weighted by atomic mass is 10.4. The Morgan fingerprint density at radius 1 is 1.50 bits per heavy atom. The van der Waals surface area contributed by atoms with Gasteiger partial charge in [-0.25, -0.2) is 14.8 Å². The van der Waals surface area contributed by atoms with Gasteiger partial charge in [0.05, 0.1) is 0 Å². The van der Waals surface area contributed by atoms with Gasteiger partial charge in [0.1, 0.15) is 5.69 Å². The van der Waals surface area contributed by atoms with Gasteiger partial charge in [0.15, 0.2) is 0 Å². The first kappa shape index (κ1) is 10.2. The number of amides is 1. The molecule has 1 aromatic rings. The van der Waals surface area contributed by atoms with E-state index in [9.17, 15) is 18.0 Å². The number of halogens is 3. The van der Waals surface area contributed by atoms with Crippen LogP contribution in [0.15, 0.2) is 12.3 Å². The Hall–Kier alpha value is -1.86. The standard InChI is InChI=1S/C6H4F3N3O2/c7-6(8,9)3-1-2-10-4(11-3)12-5(13)14/h1-2H,(H,13,14)(H,10,11,12). The molecule has 1 aromatic heterocycles. The van der Waals surface area contributed by atoms with Crippen LogP contribution in [0.4, 0.5) is 23.9 Å². The zero-order valence-electron chi connectivity index (χ0n) is 6.54. The van der Waals surface area contributed by atoms with Crippen LogP contribution in [0, 0.1) is 0 Å². The Morgan fingerprint density at radius 3 is 2.64 bits per heavy atom. The van der Waals surface area contributed by atoms with Crippen LogP contribution in [0.3, 0.4) is 0 Å². The molecule has 0 spiro atoms. The molecule has 0 saturated heterocycles. The maximum Gasteiger partial charge on any atom is 0.433 e. The Labute approximate surface area is 75.6 Å². The number of rotatable bonds is 1. The van der Waals surface area contributed by atoms with Crippen LogP contribution in [0.2, 0.25) is 0 Å². The minimum absolute atomic E-state index is 0.604. The maximum absolute atomic E-state index is 12.0. The highest BCUT2D eigenvalue weighted by atomic mass is 19.4. The molecule has 0 atom stereocenters. The molecule has 0 aliphatic heterocycles. The van der Waals surface area contributed by atoms with Gasteiger partial charge < -0.3 is 5.11 Å². The molecular formula is C6H4F3N3O2. The SMILES string of the molecule is O=C(O)Nc1nccc(C(F)(F)F)n1. The second-order valence-electron chi connectivity index (χ2n) is 2.19. The van der Waals surface area contributed by atoms with Crippen LogP contribution in [0.5, 0.6) is 0 Å². The molecule has 8 heteroatoms. The van der Waals surface area contributed by atoms with E-state index in [1.165, 1.54) is 0 Å². The summed E-state index contributed by atoms with van der Waals surface area (Å²) in [5.74, 6) is -0.604. The third-order valence-electron chi connectivity index (χ3n) is 1.16. The average molecular weight is 207 g/mol. The zero-order valence-corrected chi connectivity index (χ0v) is 6.54. The molecule has 1 heterocycles. The van der Waals surface area contributed by atoms with Crippen molar-refractivity contribution >= 4 is 12.0 Å². The number of carboxylic acid groups (broad SMARTS) is 1. The molecule has 0 radical (unpaired) electrons. The minimum atomic E-state index is -4.61. The van der Waals surface area contributed by atoms with Crippen molar-refractivity contribution in [3.8, 4) is 0 Å². The van der Waals surface area contributed by atoms with E-state index in [-0.39, 0.29) is 0 Å². The summed E-state index contributed by atoms with van der Waals surface area (Å²) in [4.78, 5) is 16.3. The Kier molecular flexibility index (Phi) is 2.54. The van der Waals surface area contributed by atoms with Gasteiger partial charge in [-0.1, -0.05) is 0 Å². The van der Waals surface area contributed by atoms with Crippen molar-refractivity contribution in [1.29, 1.82) is 0 Å². The molecule has 76 valence electrons. The monoisotopic (exact) mass is 207 g/mol. The number of hydrogen-bond acceptors (Lipinski definition) is 3. The predicted molar refractivity (Wildman–Crippen MR) is 38.7 cm³/mol. The third kappa shape index (κ3) is 2.57. The van der Waals surface area contributed by atoms with Crippen molar-refractivity contribution < 1.29 is 23.1 Å². The fraction of sp³-hybridized carbons (Fsp3) is 0.167. The summed E-state index contributed by atoms with van der Waals surface area (Å²) in [5, 5.41) is 9.80. The number of anilines is 1. The number of nitrogens with one attached hydrogen (secondary N) is 1. The van der Waals surface area contributed by atoms with Crippen molar-refractivity contribution in [2.45, 2.75) is 6.18 Å². The van der Waals surface area contributed by atoms with Crippen LogP contribution >= 0.6 is 0 Å². The number of aromatic nitrogens is 2. The number of hydrogen-bond donors (Lipinski definition) is 2. The molecule has 0 aliphatic carbocycles.